The summed E-state index contributed by atoms with van der Waals surface area (Å²) in [4.78, 5) is 15.0. The van der Waals surface area contributed by atoms with Crippen LogP contribution in [0.2, 0.25) is 0 Å². The highest BCUT2D eigenvalue weighted by Gasteiger charge is 2.22. The van der Waals surface area contributed by atoms with Crippen molar-refractivity contribution in [1.29, 1.82) is 0 Å². The Morgan fingerprint density at radius 1 is 1.35 bits per heavy atom. The van der Waals surface area contributed by atoms with Crippen LogP contribution in [-0.4, -0.2) is 43.1 Å². The van der Waals surface area contributed by atoms with E-state index in [-0.39, 0.29) is 0 Å². The van der Waals surface area contributed by atoms with Gasteiger partial charge in [0.15, 0.2) is 0 Å². The number of fused-ring (bicyclic) bond motifs is 1. The quantitative estimate of drug-likeness (QED) is 0.590. The second kappa shape index (κ2) is 10.8. The standard InChI is InChI=1S/C20H28N2.C2H4O2/c1-3-6-16(2)17-9-12-22(13-10-17)14-11-18-15-21-20-8-5-4-7-19(18)20;1-4-2-3/h3-5,7-8,15-17,21H,1,6,9-14H2,2H3;2H,1H3. The van der Waals surface area contributed by atoms with Gasteiger partial charge in [-0.15, -0.1) is 6.58 Å². The van der Waals surface area contributed by atoms with E-state index in [1.165, 1.54) is 62.5 Å². The second-order valence-corrected chi connectivity index (χ2v) is 7.12. The van der Waals surface area contributed by atoms with Crippen LogP contribution in [0.25, 0.3) is 10.9 Å². The number of likely N-dealkylation sites (tertiary alicyclic amines) is 1. The van der Waals surface area contributed by atoms with Gasteiger partial charge >= 0.3 is 0 Å². The SMILES string of the molecule is C=CCC(C)C1CCN(CCc2c[nH]c3ccccc23)CC1.COC=O. The molecule has 1 N–H and O–H groups in total. The molecule has 26 heavy (non-hydrogen) atoms. The van der Waals surface area contributed by atoms with Crippen LogP contribution in [0.1, 0.15) is 31.7 Å². The summed E-state index contributed by atoms with van der Waals surface area (Å²) in [6, 6.07) is 8.61. The summed E-state index contributed by atoms with van der Waals surface area (Å²) in [6.07, 6.45) is 9.28. The highest BCUT2D eigenvalue weighted by Crippen LogP contribution is 2.27. The van der Waals surface area contributed by atoms with Crippen molar-refractivity contribution in [2.75, 3.05) is 26.7 Å². The largest absolute Gasteiger partial charge is 0.471 e. The Morgan fingerprint density at radius 2 is 2.04 bits per heavy atom. The third kappa shape index (κ3) is 5.73. The number of para-hydroxylation sites is 1. The fourth-order valence-electron chi connectivity index (χ4n) is 3.82. The van der Waals surface area contributed by atoms with E-state index in [0.717, 1.165) is 18.3 Å². The molecular weight excluding hydrogens is 324 g/mol. The van der Waals surface area contributed by atoms with E-state index in [0.29, 0.717) is 6.47 Å². The van der Waals surface area contributed by atoms with Crippen molar-refractivity contribution in [3.63, 3.8) is 0 Å². The van der Waals surface area contributed by atoms with Crippen molar-refractivity contribution in [1.82, 2.24) is 9.88 Å². The number of allylic oxidation sites excluding steroid dienone is 1. The van der Waals surface area contributed by atoms with Gasteiger partial charge in [-0.2, -0.15) is 0 Å². The molecule has 4 heteroatoms. The lowest BCUT2D eigenvalue weighted by Gasteiger charge is -2.34. The first kappa shape index (κ1) is 20.2. The van der Waals surface area contributed by atoms with E-state index in [2.05, 4.69) is 64.7 Å². The minimum absolute atomic E-state index is 0.375. The van der Waals surface area contributed by atoms with E-state index in [1.54, 1.807) is 0 Å². The molecule has 1 fully saturated rings. The van der Waals surface area contributed by atoms with Crippen molar-refractivity contribution in [3.05, 3.63) is 48.7 Å². The number of carbonyl (C=O) groups excluding carboxylic acids is 1. The third-order valence-electron chi connectivity index (χ3n) is 5.44. The van der Waals surface area contributed by atoms with Crippen molar-refractivity contribution >= 4 is 17.4 Å². The summed E-state index contributed by atoms with van der Waals surface area (Å²) in [7, 11) is 1.31. The number of aromatic nitrogens is 1. The number of hydrogen-bond donors (Lipinski definition) is 1. The lowest BCUT2D eigenvalue weighted by molar-refractivity contribution is -0.126. The molecule has 2 aromatic rings. The molecule has 1 unspecified atom stereocenters. The summed E-state index contributed by atoms with van der Waals surface area (Å²) >= 11 is 0. The van der Waals surface area contributed by atoms with Gasteiger partial charge in [-0.25, -0.2) is 0 Å². The van der Waals surface area contributed by atoms with Gasteiger partial charge in [-0.3, -0.25) is 4.79 Å². The fraction of sp³-hybridized carbons (Fsp3) is 0.500. The number of nitrogens with zero attached hydrogens (tertiary/aromatic N) is 1. The number of H-pyrrole nitrogens is 1. The highest BCUT2D eigenvalue weighted by atomic mass is 16.5. The molecule has 142 valence electrons. The second-order valence-electron chi connectivity index (χ2n) is 7.12. The predicted octanol–water partition coefficient (Wildman–Crippen LogP) is 4.42. The van der Waals surface area contributed by atoms with Gasteiger partial charge < -0.3 is 14.6 Å². The monoisotopic (exact) mass is 356 g/mol. The average Bonchev–Trinajstić information content (AvgIpc) is 3.10. The van der Waals surface area contributed by atoms with Crippen LogP contribution in [0.5, 0.6) is 0 Å². The van der Waals surface area contributed by atoms with Gasteiger partial charge in [-0.1, -0.05) is 31.2 Å². The van der Waals surface area contributed by atoms with E-state index in [9.17, 15) is 0 Å². The number of aromatic amines is 1. The van der Waals surface area contributed by atoms with E-state index in [4.69, 9.17) is 4.79 Å². The van der Waals surface area contributed by atoms with Gasteiger partial charge in [0.25, 0.3) is 6.47 Å². The van der Waals surface area contributed by atoms with Crippen LogP contribution in [0.15, 0.2) is 43.1 Å². The molecule has 4 nitrogen and oxygen atoms in total. The maximum atomic E-state index is 8.95. The van der Waals surface area contributed by atoms with E-state index < -0.39 is 0 Å². The molecule has 1 atom stereocenters. The lowest BCUT2D eigenvalue weighted by atomic mass is 9.83. The molecule has 3 rings (SSSR count). The molecule has 1 aromatic heterocycles. The number of rotatable bonds is 7. The van der Waals surface area contributed by atoms with Crippen molar-refractivity contribution in [2.24, 2.45) is 11.8 Å². The van der Waals surface area contributed by atoms with E-state index >= 15 is 0 Å². The number of nitrogens with one attached hydrogen (secondary N) is 1. The number of carbonyl (C=O) groups is 1. The Bertz CT molecular complexity index is 672. The average molecular weight is 357 g/mol. The molecule has 1 aliphatic heterocycles. The smallest absolute Gasteiger partial charge is 0.292 e. The Balaban J connectivity index is 0.000000552. The van der Waals surface area contributed by atoms with Crippen molar-refractivity contribution in [2.45, 2.75) is 32.6 Å². The van der Waals surface area contributed by atoms with Gasteiger partial charge in [-0.05, 0) is 62.2 Å². The third-order valence-corrected chi connectivity index (χ3v) is 5.44. The van der Waals surface area contributed by atoms with Crippen LogP contribution >= 0.6 is 0 Å². The van der Waals surface area contributed by atoms with Crippen LogP contribution < -0.4 is 0 Å². The van der Waals surface area contributed by atoms with Crippen LogP contribution in [0.4, 0.5) is 0 Å². The zero-order valence-corrected chi connectivity index (χ0v) is 16.1. The molecular formula is C22H32N2O2. The Morgan fingerprint density at radius 3 is 2.69 bits per heavy atom. The zero-order chi connectivity index (χ0) is 18.8. The van der Waals surface area contributed by atoms with Gasteiger partial charge in [0.2, 0.25) is 0 Å². The van der Waals surface area contributed by atoms with Crippen LogP contribution in [-0.2, 0) is 16.0 Å². The molecule has 0 bridgehead atoms. The summed E-state index contributed by atoms with van der Waals surface area (Å²) in [6.45, 7) is 10.3. The lowest BCUT2D eigenvalue weighted by Crippen LogP contribution is -2.36. The summed E-state index contributed by atoms with van der Waals surface area (Å²) in [5.41, 5.74) is 2.72. The molecule has 1 aliphatic rings. The molecule has 1 aromatic carbocycles. The number of benzene rings is 1. The van der Waals surface area contributed by atoms with E-state index in [1.807, 2.05) is 0 Å². The molecule has 0 amide bonds. The summed E-state index contributed by atoms with van der Waals surface area (Å²) in [5.74, 6) is 1.69. The van der Waals surface area contributed by atoms with Crippen LogP contribution in [0, 0.1) is 11.8 Å². The first-order valence-electron chi connectivity index (χ1n) is 9.54. The predicted molar refractivity (Wildman–Crippen MR) is 108 cm³/mol. The molecule has 2 heterocycles. The van der Waals surface area contributed by atoms with Gasteiger partial charge in [0.05, 0.1) is 7.11 Å². The van der Waals surface area contributed by atoms with Crippen molar-refractivity contribution < 1.29 is 9.53 Å². The Kier molecular flexibility index (Phi) is 8.42. The molecule has 0 aliphatic carbocycles. The number of hydrogen-bond acceptors (Lipinski definition) is 3. The van der Waals surface area contributed by atoms with Crippen molar-refractivity contribution in [3.8, 4) is 0 Å². The first-order chi connectivity index (χ1) is 12.7. The van der Waals surface area contributed by atoms with Gasteiger partial charge in [0, 0.05) is 23.6 Å². The summed E-state index contributed by atoms with van der Waals surface area (Å²) in [5, 5.41) is 1.39. The number of methoxy groups -OCH3 is 1. The Hall–Kier alpha value is -2.07. The highest BCUT2D eigenvalue weighted by molar-refractivity contribution is 5.83. The Labute approximate surface area is 157 Å². The first-order valence-corrected chi connectivity index (χ1v) is 9.54. The number of ether oxygens (including phenoxy) is 1. The topological polar surface area (TPSA) is 45.3 Å². The maximum Gasteiger partial charge on any atom is 0.292 e. The molecule has 1 saturated heterocycles. The zero-order valence-electron chi connectivity index (χ0n) is 16.1. The molecule has 0 radical (unpaired) electrons. The molecule has 0 saturated carbocycles. The van der Waals surface area contributed by atoms with Gasteiger partial charge in [0.1, 0.15) is 0 Å². The molecule has 0 spiro atoms. The summed E-state index contributed by atoms with van der Waals surface area (Å²) < 4.78 is 3.86. The minimum Gasteiger partial charge on any atom is -0.471 e. The normalized spacial score (nSPS) is 16.5. The number of piperidine rings is 1. The fourth-order valence-corrected chi connectivity index (χ4v) is 3.82. The maximum absolute atomic E-state index is 8.95. The van der Waals surface area contributed by atoms with Crippen LogP contribution in [0.3, 0.4) is 0 Å². The minimum atomic E-state index is 0.375.